The third-order valence-corrected chi connectivity index (χ3v) is 3.82. The Labute approximate surface area is 138 Å². The fourth-order valence-corrected chi connectivity index (χ4v) is 2.54. The van der Waals surface area contributed by atoms with Crippen molar-refractivity contribution in [2.75, 3.05) is 11.9 Å². The number of carbonyl (C=O) groups excluding carboxylic acids is 2. The zero-order valence-electron chi connectivity index (χ0n) is 12.9. The number of nitrogens with one attached hydrogen (secondary N) is 1. The Morgan fingerprint density at radius 3 is 2.70 bits per heavy atom. The van der Waals surface area contributed by atoms with Crippen LogP contribution in [-0.4, -0.2) is 23.4 Å². The van der Waals surface area contributed by atoms with Gasteiger partial charge in [-0.25, -0.2) is 4.98 Å². The summed E-state index contributed by atoms with van der Waals surface area (Å²) in [5, 5.41) is 4.84. The molecular weight excluding hydrogens is 314 g/mol. The van der Waals surface area contributed by atoms with Gasteiger partial charge in [0.15, 0.2) is 5.13 Å². The number of aromatic nitrogens is 1. The number of hydrogen-bond donors (Lipinski definition) is 2. The lowest BCUT2D eigenvalue weighted by molar-refractivity contribution is -0.117. The summed E-state index contributed by atoms with van der Waals surface area (Å²) in [6.45, 7) is 2.77. The lowest BCUT2D eigenvalue weighted by Crippen LogP contribution is -2.14. The van der Waals surface area contributed by atoms with Crippen LogP contribution in [0.25, 0.3) is 0 Å². The van der Waals surface area contributed by atoms with Gasteiger partial charge in [0.2, 0.25) is 5.91 Å². The molecule has 1 aromatic heterocycles. The van der Waals surface area contributed by atoms with Gasteiger partial charge in [-0.2, -0.15) is 0 Å². The van der Waals surface area contributed by atoms with E-state index in [9.17, 15) is 9.59 Å². The van der Waals surface area contributed by atoms with Crippen LogP contribution in [0.5, 0.6) is 5.75 Å². The van der Waals surface area contributed by atoms with Gasteiger partial charge >= 0.3 is 0 Å². The maximum Gasteiger partial charge on any atom is 0.257 e. The summed E-state index contributed by atoms with van der Waals surface area (Å²) in [5.74, 6) is 0.0323. The maximum absolute atomic E-state index is 12.1. The van der Waals surface area contributed by atoms with Crippen molar-refractivity contribution in [3.8, 4) is 5.75 Å². The summed E-state index contributed by atoms with van der Waals surface area (Å²) < 4.78 is 5.55. The summed E-state index contributed by atoms with van der Waals surface area (Å²) in [4.78, 5) is 27.1. The molecule has 7 heteroatoms. The Kier molecular flexibility index (Phi) is 6.10. The first-order valence-electron chi connectivity index (χ1n) is 7.35. The molecule has 1 heterocycles. The molecule has 0 radical (unpaired) electrons. The average Bonchev–Trinajstić information content (AvgIpc) is 2.94. The predicted octanol–water partition coefficient (Wildman–Crippen LogP) is 2.60. The van der Waals surface area contributed by atoms with Crippen LogP contribution in [0.2, 0.25) is 0 Å². The number of amides is 2. The number of primary amides is 1. The van der Waals surface area contributed by atoms with Gasteiger partial charge in [-0.1, -0.05) is 13.3 Å². The van der Waals surface area contributed by atoms with Gasteiger partial charge in [-0.05, 0) is 30.7 Å². The average molecular weight is 333 g/mol. The molecule has 0 saturated carbocycles. The Morgan fingerprint density at radius 1 is 1.30 bits per heavy atom. The number of anilines is 1. The molecule has 2 amide bonds. The Bertz CT molecular complexity index is 667. The van der Waals surface area contributed by atoms with Crippen molar-refractivity contribution in [2.24, 2.45) is 5.73 Å². The zero-order chi connectivity index (χ0) is 16.7. The van der Waals surface area contributed by atoms with E-state index in [4.69, 9.17) is 10.5 Å². The van der Waals surface area contributed by atoms with Crippen LogP contribution >= 0.6 is 11.3 Å². The SMILES string of the molecule is CCCCOc1ccc(C(=O)Nc2nc(CC(N)=O)cs2)cc1. The van der Waals surface area contributed by atoms with Crippen LogP contribution in [0, 0.1) is 0 Å². The molecule has 2 rings (SSSR count). The molecule has 23 heavy (non-hydrogen) atoms. The van der Waals surface area contributed by atoms with Crippen LogP contribution in [0.1, 0.15) is 35.8 Å². The standard InChI is InChI=1S/C16H19N3O3S/c1-2-3-8-22-13-6-4-11(5-7-13)15(21)19-16-18-12(10-23-16)9-14(17)20/h4-7,10H,2-3,8-9H2,1H3,(H2,17,20)(H,18,19,21). The molecule has 3 N–H and O–H groups in total. The Hall–Kier alpha value is -2.41. The number of thiazole rings is 1. The minimum Gasteiger partial charge on any atom is -0.494 e. The van der Waals surface area contributed by atoms with E-state index in [0.29, 0.717) is 23.0 Å². The van der Waals surface area contributed by atoms with Crippen LogP contribution in [-0.2, 0) is 11.2 Å². The third kappa shape index (κ3) is 5.37. The fourth-order valence-electron chi connectivity index (χ4n) is 1.83. The fraction of sp³-hybridized carbons (Fsp3) is 0.312. The minimum atomic E-state index is -0.452. The topological polar surface area (TPSA) is 94.3 Å². The van der Waals surface area contributed by atoms with Crippen molar-refractivity contribution in [2.45, 2.75) is 26.2 Å². The molecule has 0 unspecified atom stereocenters. The smallest absolute Gasteiger partial charge is 0.257 e. The van der Waals surface area contributed by atoms with E-state index in [2.05, 4.69) is 17.2 Å². The lowest BCUT2D eigenvalue weighted by Gasteiger charge is -2.06. The number of carbonyl (C=O) groups is 2. The minimum absolute atomic E-state index is 0.0656. The predicted molar refractivity (Wildman–Crippen MR) is 89.8 cm³/mol. The van der Waals surface area contributed by atoms with E-state index >= 15 is 0 Å². The highest BCUT2D eigenvalue weighted by molar-refractivity contribution is 7.14. The molecule has 2 aromatic rings. The number of unbranched alkanes of at least 4 members (excludes halogenated alkanes) is 1. The number of nitrogens with two attached hydrogens (primary N) is 1. The highest BCUT2D eigenvalue weighted by Crippen LogP contribution is 2.18. The van der Waals surface area contributed by atoms with Crippen LogP contribution in [0.4, 0.5) is 5.13 Å². The van der Waals surface area contributed by atoms with Crippen molar-refractivity contribution in [3.63, 3.8) is 0 Å². The number of benzene rings is 1. The molecule has 0 aliphatic rings. The van der Waals surface area contributed by atoms with E-state index in [1.54, 1.807) is 29.6 Å². The normalized spacial score (nSPS) is 10.3. The van der Waals surface area contributed by atoms with Crippen LogP contribution in [0.15, 0.2) is 29.6 Å². The van der Waals surface area contributed by atoms with Crippen molar-refractivity contribution >= 4 is 28.3 Å². The second-order valence-electron chi connectivity index (χ2n) is 4.97. The zero-order valence-corrected chi connectivity index (χ0v) is 13.7. The monoisotopic (exact) mass is 333 g/mol. The van der Waals surface area contributed by atoms with E-state index in [1.807, 2.05) is 0 Å². The first-order valence-corrected chi connectivity index (χ1v) is 8.23. The van der Waals surface area contributed by atoms with Gasteiger partial charge in [0, 0.05) is 10.9 Å². The molecule has 0 atom stereocenters. The van der Waals surface area contributed by atoms with E-state index in [0.717, 1.165) is 18.6 Å². The molecule has 0 saturated heterocycles. The second-order valence-corrected chi connectivity index (χ2v) is 5.83. The van der Waals surface area contributed by atoms with Gasteiger partial charge in [0.25, 0.3) is 5.91 Å². The molecule has 122 valence electrons. The number of nitrogens with zero attached hydrogens (tertiary/aromatic N) is 1. The van der Waals surface area contributed by atoms with E-state index < -0.39 is 5.91 Å². The highest BCUT2D eigenvalue weighted by atomic mass is 32.1. The summed E-state index contributed by atoms with van der Waals surface area (Å²) in [5.41, 5.74) is 6.18. The van der Waals surface area contributed by atoms with Crippen molar-refractivity contribution in [1.82, 2.24) is 4.98 Å². The largest absolute Gasteiger partial charge is 0.494 e. The summed E-state index contributed by atoms with van der Waals surface area (Å²) in [6, 6.07) is 6.94. The molecule has 0 fully saturated rings. The number of ether oxygens (including phenoxy) is 1. The molecule has 0 spiro atoms. The number of hydrogen-bond acceptors (Lipinski definition) is 5. The first kappa shape index (κ1) is 17.0. The van der Waals surface area contributed by atoms with Gasteiger partial charge in [0.05, 0.1) is 18.7 Å². The molecule has 1 aromatic carbocycles. The molecule has 0 aliphatic heterocycles. The van der Waals surface area contributed by atoms with Gasteiger partial charge in [-0.3, -0.25) is 14.9 Å². The molecular formula is C16H19N3O3S. The van der Waals surface area contributed by atoms with Gasteiger partial charge < -0.3 is 10.5 Å². The van der Waals surface area contributed by atoms with E-state index in [1.165, 1.54) is 11.3 Å². The summed E-state index contributed by atoms with van der Waals surface area (Å²) in [6.07, 6.45) is 2.14. The third-order valence-electron chi connectivity index (χ3n) is 3.01. The quantitative estimate of drug-likeness (QED) is 0.726. The van der Waals surface area contributed by atoms with E-state index in [-0.39, 0.29) is 12.3 Å². The van der Waals surface area contributed by atoms with Crippen LogP contribution in [0.3, 0.4) is 0 Å². The summed E-state index contributed by atoms with van der Waals surface area (Å²) >= 11 is 1.26. The van der Waals surface area contributed by atoms with Crippen molar-refractivity contribution in [1.29, 1.82) is 0 Å². The second kappa shape index (κ2) is 8.28. The van der Waals surface area contributed by atoms with Crippen LogP contribution < -0.4 is 15.8 Å². The van der Waals surface area contributed by atoms with Crippen molar-refractivity contribution < 1.29 is 14.3 Å². The number of rotatable bonds is 8. The molecule has 0 bridgehead atoms. The maximum atomic E-state index is 12.1. The van der Waals surface area contributed by atoms with Gasteiger partial charge in [-0.15, -0.1) is 11.3 Å². The Balaban J connectivity index is 1.92. The first-order chi connectivity index (χ1) is 11.1. The Morgan fingerprint density at radius 2 is 2.04 bits per heavy atom. The molecule has 0 aliphatic carbocycles. The molecule has 6 nitrogen and oxygen atoms in total. The summed E-state index contributed by atoms with van der Waals surface area (Å²) in [7, 11) is 0. The lowest BCUT2D eigenvalue weighted by atomic mass is 10.2. The van der Waals surface area contributed by atoms with Crippen molar-refractivity contribution in [3.05, 3.63) is 40.9 Å². The van der Waals surface area contributed by atoms with Gasteiger partial charge in [0.1, 0.15) is 5.75 Å². The highest BCUT2D eigenvalue weighted by Gasteiger charge is 2.10.